The van der Waals surface area contributed by atoms with Crippen molar-refractivity contribution in [2.75, 3.05) is 0 Å². The lowest BCUT2D eigenvalue weighted by Crippen LogP contribution is -2.04. The molecule has 0 bridgehead atoms. The first-order chi connectivity index (χ1) is 9.08. The highest BCUT2D eigenvalue weighted by atomic mass is 32.2. The predicted octanol–water partition coefficient (Wildman–Crippen LogP) is 3.08. The Morgan fingerprint density at radius 3 is 2.84 bits per heavy atom. The Balaban J connectivity index is 2.17. The van der Waals surface area contributed by atoms with Gasteiger partial charge in [0.25, 0.3) is 0 Å². The molecule has 0 aliphatic heterocycles. The second-order valence-electron chi connectivity index (χ2n) is 4.25. The Hall–Kier alpha value is -1.88. The van der Waals surface area contributed by atoms with E-state index < -0.39 is 5.97 Å². The van der Waals surface area contributed by atoms with Gasteiger partial charge in [0.2, 0.25) is 0 Å². The molecule has 0 unspecified atom stereocenters. The van der Waals surface area contributed by atoms with E-state index in [1.54, 1.807) is 11.8 Å². The van der Waals surface area contributed by atoms with E-state index in [-0.39, 0.29) is 5.56 Å². The van der Waals surface area contributed by atoms with Gasteiger partial charge in [-0.2, -0.15) is 0 Å². The minimum atomic E-state index is -0.989. The van der Waals surface area contributed by atoms with Crippen molar-refractivity contribution in [1.82, 2.24) is 9.97 Å². The number of rotatable bonds is 4. The van der Waals surface area contributed by atoms with Crippen LogP contribution in [-0.4, -0.2) is 21.0 Å². The number of thioether (sulfide) groups is 1. The van der Waals surface area contributed by atoms with Crippen LogP contribution in [-0.2, 0) is 5.75 Å². The number of hydrogen-bond acceptors (Lipinski definition) is 4. The molecule has 0 saturated carbocycles. The van der Waals surface area contributed by atoms with Gasteiger partial charge in [-0.3, -0.25) is 0 Å². The van der Waals surface area contributed by atoms with Crippen LogP contribution in [0.4, 0.5) is 0 Å². The van der Waals surface area contributed by atoms with Gasteiger partial charge in [0.05, 0.1) is 5.69 Å². The van der Waals surface area contributed by atoms with Crippen LogP contribution in [0.2, 0.25) is 0 Å². The fourth-order valence-electron chi connectivity index (χ4n) is 1.76. The Bertz CT molecular complexity index is 614. The third-order valence-electron chi connectivity index (χ3n) is 2.72. The molecule has 0 aliphatic rings. The highest BCUT2D eigenvalue weighted by molar-refractivity contribution is 7.98. The van der Waals surface area contributed by atoms with Gasteiger partial charge in [0, 0.05) is 16.8 Å². The van der Waals surface area contributed by atoms with E-state index in [1.807, 2.05) is 13.0 Å². The Morgan fingerprint density at radius 2 is 2.16 bits per heavy atom. The quantitative estimate of drug-likeness (QED) is 0.868. The van der Waals surface area contributed by atoms with Crippen LogP contribution in [0.3, 0.4) is 0 Å². The average Bonchev–Trinajstić information content (AvgIpc) is 2.38. The van der Waals surface area contributed by atoms with Crippen LogP contribution in [0.15, 0.2) is 35.6 Å². The molecule has 4 nitrogen and oxygen atoms in total. The summed E-state index contributed by atoms with van der Waals surface area (Å²) in [6.45, 7) is 4.10. The van der Waals surface area contributed by atoms with E-state index >= 15 is 0 Å². The van der Waals surface area contributed by atoms with Crippen LogP contribution in [0.25, 0.3) is 0 Å². The van der Waals surface area contributed by atoms with Crippen LogP contribution in [0.5, 0.6) is 0 Å². The minimum absolute atomic E-state index is 0.166. The molecule has 0 spiro atoms. The van der Waals surface area contributed by atoms with Gasteiger partial charge in [-0.15, -0.1) is 11.8 Å². The number of carboxylic acid groups (broad SMARTS) is 1. The van der Waals surface area contributed by atoms with E-state index in [1.165, 1.54) is 23.7 Å². The number of carboxylic acids is 1. The second kappa shape index (κ2) is 5.84. The first-order valence-electron chi connectivity index (χ1n) is 5.80. The third kappa shape index (κ3) is 3.32. The van der Waals surface area contributed by atoms with Crippen molar-refractivity contribution in [2.45, 2.75) is 24.5 Å². The summed E-state index contributed by atoms with van der Waals surface area (Å²) in [6.07, 6.45) is 2.72. The fourth-order valence-corrected chi connectivity index (χ4v) is 2.73. The summed E-state index contributed by atoms with van der Waals surface area (Å²) in [5.41, 5.74) is 3.12. The van der Waals surface area contributed by atoms with Crippen molar-refractivity contribution in [3.8, 4) is 0 Å². The molecule has 19 heavy (non-hydrogen) atoms. The highest BCUT2D eigenvalue weighted by Gasteiger charge is 2.12. The normalized spacial score (nSPS) is 10.4. The second-order valence-corrected chi connectivity index (χ2v) is 5.26. The number of benzene rings is 1. The highest BCUT2D eigenvalue weighted by Crippen LogP contribution is 2.26. The molecule has 98 valence electrons. The summed E-state index contributed by atoms with van der Waals surface area (Å²) < 4.78 is 0. The van der Waals surface area contributed by atoms with Gasteiger partial charge in [0.15, 0.2) is 0 Å². The van der Waals surface area contributed by atoms with Gasteiger partial charge in [0.1, 0.15) is 11.9 Å². The number of aromatic nitrogens is 2. The monoisotopic (exact) mass is 274 g/mol. The van der Waals surface area contributed by atoms with E-state index in [2.05, 4.69) is 29.0 Å². The van der Waals surface area contributed by atoms with Crippen molar-refractivity contribution in [2.24, 2.45) is 0 Å². The third-order valence-corrected chi connectivity index (χ3v) is 3.91. The molecule has 0 fully saturated rings. The largest absolute Gasteiger partial charge is 0.478 e. The van der Waals surface area contributed by atoms with Gasteiger partial charge in [-0.25, -0.2) is 14.8 Å². The zero-order chi connectivity index (χ0) is 13.8. The molecule has 1 aromatic carbocycles. The molecule has 0 radical (unpaired) electrons. The van der Waals surface area contributed by atoms with Crippen LogP contribution < -0.4 is 0 Å². The predicted molar refractivity (Wildman–Crippen MR) is 74.5 cm³/mol. The summed E-state index contributed by atoms with van der Waals surface area (Å²) in [5.74, 6) is -0.467. The maximum atomic E-state index is 11.1. The lowest BCUT2D eigenvalue weighted by Gasteiger charge is -2.07. The van der Waals surface area contributed by atoms with Gasteiger partial charge < -0.3 is 5.11 Å². The minimum Gasteiger partial charge on any atom is -0.478 e. The summed E-state index contributed by atoms with van der Waals surface area (Å²) in [4.78, 5) is 20.0. The summed E-state index contributed by atoms with van der Waals surface area (Å²) >= 11 is 1.59. The molecular formula is C14H14N2O2S. The zero-order valence-corrected chi connectivity index (χ0v) is 11.6. The molecule has 1 heterocycles. The van der Waals surface area contributed by atoms with Crippen LogP contribution in [0.1, 0.15) is 27.2 Å². The van der Waals surface area contributed by atoms with E-state index in [4.69, 9.17) is 5.11 Å². The molecule has 2 aromatic rings. The smallest absolute Gasteiger partial charge is 0.339 e. The number of hydrogen-bond donors (Lipinski definition) is 1. The number of aromatic carboxylic acids is 1. The Kier molecular flexibility index (Phi) is 4.16. The van der Waals surface area contributed by atoms with E-state index in [9.17, 15) is 4.79 Å². The van der Waals surface area contributed by atoms with Crippen LogP contribution >= 0.6 is 11.8 Å². The molecule has 2 rings (SSSR count). The van der Waals surface area contributed by atoms with Crippen molar-refractivity contribution in [3.63, 3.8) is 0 Å². The maximum absolute atomic E-state index is 11.1. The standard InChI is InChI=1S/C14H14N2O2S/c1-9-3-4-13(10(2)5-9)19-7-12-11(14(17)18)6-15-8-16-12/h3-6,8H,7H2,1-2H3,(H,17,18). The molecule has 0 atom stereocenters. The summed E-state index contributed by atoms with van der Waals surface area (Å²) in [5, 5.41) is 9.06. The van der Waals surface area contributed by atoms with Gasteiger partial charge in [-0.1, -0.05) is 17.7 Å². The molecule has 0 aliphatic carbocycles. The zero-order valence-electron chi connectivity index (χ0n) is 10.8. The average molecular weight is 274 g/mol. The first-order valence-corrected chi connectivity index (χ1v) is 6.78. The van der Waals surface area contributed by atoms with Crippen molar-refractivity contribution in [1.29, 1.82) is 0 Å². The molecular weight excluding hydrogens is 260 g/mol. The number of nitrogens with zero attached hydrogens (tertiary/aromatic N) is 2. The Morgan fingerprint density at radius 1 is 1.37 bits per heavy atom. The van der Waals surface area contributed by atoms with Crippen LogP contribution in [0, 0.1) is 13.8 Å². The fraction of sp³-hybridized carbons (Fsp3) is 0.214. The van der Waals surface area contributed by atoms with Crippen molar-refractivity contribution < 1.29 is 9.90 Å². The molecule has 1 aromatic heterocycles. The van der Waals surface area contributed by atoms with Gasteiger partial charge in [-0.05, 0) is 25.5 Å². The molecule has 5 heteroatoms. The SMILES string of the molecule is Cc1ccc(SCc2ncncc2C(=O)O)c(C)c1. The Labute approximate surface area is 115 Å². The summed E-state index contributed by atoms with van der Waals surface area (Å²) in [7, 11) is 0. The van der Waals surface area contributed by atoms with E-state index in [0.717, 1.165) is 4.90 Å². The van der Waals surface area contributed by atoms with Crippen molar-refractivity contribution in [3.05, 3.63) is 53.1 Å². The number of carbonyl (C=O) groups is 1. The van der Waals surface area contributed by atoms with E-state index in [0.29, 0.717) is 11.4 Å². The lowest BCUT2D eigenvalue weighted by molar-refractivity contribution is 0.0695. The molecule has 0 amide bonds. The summed E-state index contributed by atoms with van der Waals surface area (Å²) in [6, 6.07) is 6.21. The topological polar surface area (TPSA) is 63.1 Å². The first kappa shape index (κ1) is 13.5. The lowest BCUT2D eigenvalue weighted by atomic mass is 10.2. The van der Waals surface area contributed by atoms with Crippen molar-refractivity contribution >= 4 is 17.7 Å². The molecule has 0 saturated heterocycles. The molecule has 1 N–H and O–H groups in total. The maximum Gasteiger partial charge on any atom is 0.339 e. The number of aryl methyl sites for hydroxylation is 2. The van der Waals surface area contributed by atoms with Gasteiger partial charge >= 0.3 is 5.97 Å².